The minimum absolute atomic E-state index is 0.135. The molecule has 0 saturated heterocycles. The van der Waals surface area contributed by atoms with E-state index in [0.29, 0.717) is 22.0 Å². The number of ether oxygens (including phenoxy) is 1. The number of nitrogens with one attached hydrogen (secondary N) is 2. The minimum Gasteiger partial charge on any atom is -0.451 e. The Morgan fingerprint density at radius 2 is 1.78 bits per heavy atom. The molecule has 0 radical (unpaired) electrons. The van der Waals surface area contributed by atoms with Crippen molar-refractivity contribution in [3.63, 3.8) is 0 Å². The maximum atomic E-state index is 12.2. The van der Waals surface area contributed by atoms with Crippen molar-refractivity contribution >= 4 is 34.1 Å². The van der Waals surface area contributed by atoms with Crippen LogP contribution in [-0.4, -0.2) is 24.4 Å². The van der Waals surface area contributed by atoms with E-state index in [-0.39, 0.29) is 18.4 Å². The third-order valence-electron chi connectivity index (χ3n) is 3.69. The quantitative estimate of drug-likeness (QED) is 0.742. The Bertz CT molecular complexity index is 822. The molecule has 144 valence electrons. The van der Waals surface area contributed by atoms with Crippen molar-refractivity contribution in [2.75, 3.05) is 11.9 Å². The van der Waals surface area contributed by atoms with Crippen LogP contribution < -0.4 is 10.6 Å². The van der Waals surface area contributed by atoms with Gasteiger partial charge in [-0.05, 0) is 24.1 Å². The molecule has 1 heterocycles. The van der Waals surface area contributed by atoms with Crippen LogP contribution >= 0.6 is 11.3 Å². The number of anilines is 1. The van der Waals surface area contributed by atoms with Crippen LogP contribution in [0.2, 0.25) is 0 Å². The number of hydrogen-bond donors (Lipinski definition) is 2. The number of hydrogen-bond acceptors (Lipinski definition) is 5. The number of esters is 1. The predicted octanol–water partition coefficient (Wildman–Crippen LogP) is 3.51. The van der Waals surface area contributed by atoms with Crippen molar-refractivity contribution in [1.82, 2.24) is 5.32 Å². The molecule has 2 rings (SSSR count). The zero-order valence-corrected chi connectivity index (χ0v) is 16.7. The lowest BCUT2D eigenvalue weighted by atomic mass is 9.96. The molecular weight excluding hydrogens is 364 g/mol. The fourth-order valence-corrected chi connectivity index (χ4v) is 3.05. The first-order valence-electron chi connectivity index (χ1n) is 8.56. The molecule has 6 nitrogen and oxygen atoms in total. The van der Waals surface area contributed by atoms with Crippen LogP contribution in [0.4, 0.5) is 5.00 Å². The lowest BCUT2D eigenvalue weighted by molar-refractivity contribution is -0.124. The van der Waals surface area contributed by atoms with E-state index in [1.807, 2.05) is 51.1 Å². The van der Waals surface area contributed by atoms with Gasteiger partial charge in [0.25, 0.3) is 5.91 Å². The van der Waals surface area contributed by atoms with Gasteiger partial charge in [0.15, 0.2) is 6.61 Å². The largest absolute Gasteiger partial charge is 0.451 e. The first kappa shape index (κ1) is 20.6. The minimum atomic E-state index is -0.580. The molecule has 2 N–H and O–H groups in total. The van der Waals surface area contributed by atoms with Crippen LogP contribution in [-0.2, 0) is 20.9 Å². The van der Waals surface area contributed by atoms with Crippen LogP contribution in [0.3, 0.4) is 0 Å². The summed E-state index contributed by atoms with van der Waals surface area (Å²) in [7, 11) is 0. The van der Waals surface area contributed by atoms with E-state index < -0.39 is 11.4 Å². The Hall–Kier alpha value is -2.67. The summed E-state index contributed by atoms with van der Waals surface area (Å²) in [4.78, 5) is 36.5. The second kappa shape index (κ2) is 8.81. The summed E-state index contributed by atoms with van der Waals surface area (Å²) in [5.41, 5.74) is 1.12. The Labute approximate surface area is 162 Å². The van der Waals surface area contributed by atoms with E-state index in [1.165, 1.54) is 0 Å². The Morgan fingerprint density at radius 1 is 1.11 bits per heavy atom. The number of aryl methyl sites for hydroxylation is 1. The van der Waals surface area contributed by atoms with Crippen LogP contribution in [0, 0.1) is 12.3 Å². The van der Waals surface area contributed by atoms with E-state index >= 15 is 0 Å². The van der Waals surface area contributed by atoms with Gasteiger partial charge in [-0.3, -0.25) is 9.59 Å². The summed E-state index contributed by atoms with van der Waals surface area (Å²) in [6, 6.07) is 11.2. The molecular formula is C20H24N2O4S. The molecule has 2 aromatic rings. The summed E-state index contributed by atoms with van der Waals surface area (Å²) < 4.78 is 5.09. The third-order valence-corrected chi connectivity index (χ3v) is 4.82. The van der Waals surface area contributed by atoms with E-state index in [2.05, 4.69) is 10.6 Å². The molecule has 0 unspecified atom stereocenters. The highest BCUT2D eigenvalue weighted by atomic mass is 32.1. The van der Waals surface area contributed by atoms with Gasteiger partial charge in [-0.1, -0.05) is 51.1 Å². The maximum absolute atomic E-state index is 12.2. The van der Waals surface area contributed by atoms with Crippen molar-refractivity contribution in [2.45, 2.75) is 34.2 Å². The Morgan fingerprint density at radius 3 is 2.41 bits per heavy atom. The van der Waals surface area contributed by atoms with Gasteiger partial charge in [0.1, 0.15) is 4.88 Å². The lowest BCUT2D eigenvalue weighted by Crippen LogP contribution is -2.28. The van der Waals surface area contributed by atoms with Crippen LogP contribution in [0.25, 0.3) is 0 Å². The van der Waals surface area contributed by atoms with Crippen LogP contribution in [0.15, 0.2) is 36.4 Å². The number of rotatable bonds is 6. The molecule has 1 aromatic heterocycles. The monoisotopic (exact) mass is 388 g/mol. The number of benzene rings is 1. The average molecular weight is 388 g/mol. The van der Waals surface area contributed by atoms with Gasteiger partial charge in [0, 0.05) is 12.0 Å². The Balaban J connectivity index is 1.86. The summed E-state index contributed by atoms with van der Waals surface area (Å²) in [5.74, 6) is -1.09. The van der Waals surface area contributed by atoms with Crippen LogP contribution in [0.5, 0.6) is 0 Å². The van der Waals surface area contributed by atoms with Gasteiger partial charge < -0.3 is 15.4 Å². The zero-order chi connectivity index (χ0) is 20.0. The molecule has 2 amide bonds. The standard InChI is InChI=1S/C20H24N2O4S/c1-13-10-16(22-19(25)20(2,3)4)27-17(13)18(24)26-12-15(23)21-11-14-8-6-5-7-9-14/h5-10H,11-12H2,1-4H3,(H,21,23)(H,22,25). The summed E-state index contributed by atoms with van der Waals surface area (Å²) in [5, 5.41) is 6.07. The highest BCUT2D eigenvalue weighted by molar-refractivity contribution is 7.18. The highest BCUT2D eigenvalue weighted by Gasteiger charge is 2.23. The van der Waals surface area contributed by atoms with Crippen molar-refractivity contribution in [1.29, 1.82) is 0 Å². The molecule has 0 atom stereocenters. The second-order valence-corrected chi connectivity index (χ2v) is 8.22. The highest BCUT2D eigenvalue weighted by Crippen LogP contribution is 2.29. The van der Waals surface area contributed by atoms with Gasteiger partial charge in [0.2, 0.25) is 5.91 Å². The second-order valence-electron chi connectivity index (χ2n) is 7.17. The maximum Gasteiger partial charge on any atom is 0.349 e. The van der Waals surface area contributed by atoms with Gasteiger partial charge in [-0.2, -0.15) is 0 Å². The summed E-state index contributed by atoms with van der Waals surface area (Å²) in [6.07, 6.45) is 0. The molecule has 0 bridgehead atoms. The van der Waals surface area contributed by atoms with Gasteiger partial charge in [0.05, 0.1) is 5.00 Å². The van der Waals surface area contributed by atoms with Gasteiger partial charge >= 0.3 is 5.97 Å². The first-order chi connectivity index (χ1) is 12.7. The molecule has 1 aromatic carbocycles. The molecule has 0 spiro atoms. The fourth-order valence-electron chi connectivity index (χ4n) is 2.09. The van der Waals surface area contributed by atoms with E-state index in [4.69, 9.17) is 4.74 Å². The molecule has 0 aliphatic heterocycles. The summed E-state index contributed by atoms with van der Waals surface area (Å²) in [6.45, 7) is 7.21. The SMILES string of the molecule is Cc1cc(NC(=O)C(C)(C)C)sc1C(=O)OCC(=O)NCc1ccccc1. The van der Waals surface area contributed by atoms with Crippen molar-refractivity contribution in [3.05, 3.63) is 52.4 Å². The number of carbonyl (C=O) groups excluding carboxylic acids is 3. The number of carbonyl (C=O) groups is 3. The topological polar surface area (TPSA) is 84.5 Å². The van der Waals surface area contributed by atoms with Gasteiger partial charge in [-0.25, -0.2) is 4.79 Å². The normalized spacial score (nSPS) is 11.0. The summed E-state index contributed by atoms with van der Waals surface area (Å²) >= 11 is 1.14. The van der Waals surface area contributed by atoms with Crippen LogP contribution in [0.1, 0.15) is 41.6 Å². The first-order valence-corrected chi connectivity index (χ1v) is 9.38. The fraction of sp³-hybridized carbons (Fsp3) is 0.350. The predicted molar refractivity (Wildman–Crippen MR) is 106 cm³/mol. The molecule has 27 heavy (non-hydrogen) atoms. The van der Waals surface area contributed by atoms with Crippen molar-refractivity contribution in [2.24, 2.45) is 5.41 Å². The molecule has 0 fully saturated rings. The average Bonchev–Trinajstić information content (AvgIpc) is 2.98. The smallest absolute Gasteiger partial charge is 0.349 e. The van der Waals surface area contributed by atoms with E-state index in [0.717, 1.165) is 16.9 Å². The molecule has 0 aliphatic rings. The lowest BCUT2D eigenvalue weighted by Gasteiger charge is -2.16. The van der Waals surface area contributed by atoms with Crippen molar-refractivity contribution < 1.29 is 19.1 Å². The van der Waals surface area contributed by atoms with E-state index in [9.17, 15) is 14.4 Å². The van der Waals surface area contributed by atoms with E-state index in [1.54, 1.807) is 13.0 Å². The number of thiophene rings is 1. The molecule has 7 heteroatoms. The molecule has 0 saturated carbocycles. The number of amides is 2. The van der Waals surface area contributed by atoms with Gasteiger partial charge in [-0.15, -0.1) is 11.3 Å². The Kier molecular flexibility index (Phi) is 6.74. The van der Waals surface area contributed by atoms with Crippen molar-refractivity contribution in [3.8, 4) is 0 Å². The third kappa shape index (κ3) is 6.21. The molecule has 0 aliphatic carbocycles. The zero-order valence-electron chi connectivity index (χ0n) is 15.9.